The molecule has 5 nitrogen and oxygen atoms in total. The van der Waals surface area contributed by atoms with E-state index in [9.17, 15) is 9.59 Å². The van der Waals surface area contributed by atoms with Crippen LogP contribution in [0.15, 0.2) is 12.1 Å². The van der Waals surface area contributed by atoms with Crippen LogP contribution in [0.25, 0.3) is 0 Å². The Kier molecular flexibility index (Phi) is 7.27. The van der Waals surface area contributed by atoms with Crippen LogP contribution in [0.3, 0.4) is 0 Å². The van der Waals surface area contributed by atoms with Gasteiger partial charge in [-0.25, -0.2) is 0 Å². The fourth-order valence-electron chi connectivity index (χ4n) is 2.54. The second kappa shape index (κ2) is 8.94. The number of rotatable bonds is 7. The molecule has 0 saturated heterocycles. The van der Waals surface area contributed by atoms with Gasteiger partial charge in [0.25, 0.3) is 0 Å². The molecule has 0 spiro atoms. The van der Waals surface area contributed by atoms with Gasteiger partial charge in [0.05, 0.1) is 25.7 Å². The predicted molar refractivity (Wildman–Crippen MR) is 85.7 cm³/mol. The molecule has 0 saturated carbocycles. The minimum absolute atomic E-state index is 0.216. The summed E-state index contributed by atoms with van der Waals surface area (Å²) in [6.07, 6.45) is 0.573. The van der Waals surface area contributed by atoms with Crippen LogP contribution < -0.4 is 0 Å². The van der Waals surface area contributed by atoms with Crippen LogP contribution in [0.2, 0.25) is 0 Å². The van der Waals surface area contributed by atoms with E-state index in [0.717, 1.165) is 22.3 Å². The zero-order chi connectivity index (χ0) is 17.4. The fourth-order valence-corrected chi connectivity index (χ4v) is 2.54. The maximum absolute atomic E-state index is 12.0. The van der Waals surface area contributed by atoms with Crippen molar-refractivity contribution in [1.29, 1.82) is 5.26 Å². The van der Waals surface area contributed by atoms with Gasteiger partial charge in [0.15, 0.2) is 5.92 Å². The van der Waals surface area contributed by atoms with Gasteiger partial charge in [-0.3, -0.25) is 9.59 Å². The van der Waals surface area contributed by atoms with Gasteiger partial charge in [-0.15, -0.1) is 0 Å². The molecule has 0 radical (unpaired) electrons. The van der Waals surface area contributed by atoms with Gasteiger partial charge in [-0.1, -0.05) is 12.1 Å². The summed E-state index contributed by atoms with van der Waals surface area (Å²) in [5, 5.41) is 8.87. The Labute approximate surface area is 137 Å². The molecule has 5 heteroatoms. The van der Waals surface area contributed by atoms with E-state index < -0.39 is 17.9 Å². The average molecular weight is 317 g/mol. The SMILES string of the molecule is CCOC(=O)C(Cc1cc(C)c(CC#N)c(C)c1)C(=O)OCC. The van der Waals surface area contributed by atoms with Crippen LogP contribution >= 0.6 is 0 Å². The van der Waals surface area contributed by atoms with Gasteiger partial charge in [-0.05, 0) is 56.4 Å². The molecule has 0 amide bonds. The van der Waals surface area contributed by atoms with E-state index in [1.807, 2.05) is 26.0 Å². The Morgan fingerprint density at radius 3 is 1.96 bits per heavy atom. The third kappa shape index (κ3) is 5.10. The van der Waals surface area contributed by atoms with Crippen molar-refractivity contribution in [1.82, 2.24) is 0 Å². The highest BCUT2D eigenvalue weighted by atomic mass is 16.6. The number of nitriles is 1. The van der Waals surface area contributed by atoms with Gasteiger partial charge >= 0.3 is 11.9 Å². The lowest BCUT2D eigenvalue weighted by molar-refractivity contribution is -0.161. The van der Waals surface area contributed by atoms with Crippen molar-refractivity contribution in [3.63, 3.8) is 0 Å². The minimum atomic E-state index is -0.962. The van der Waals surface area contributed by atoms with Crippen LogP contribution in [0, 0.1) is 31.1 Å². The number of ether oxygens (including phenoxy) is 2. The number of aryl methyl sites for hydroxylation is 2. The number of carbonyl (C=O) groups excluding carboxylic acids is 2. The van der Waals surface area contributed by atoms with E-state index in [-0.39, 0.29) is 19.6 Å². The zero-order valence-electron chi connectivity index (χ0n) is 14.1. The average Bonchev–Trinajstić information content (AvgIpc) is 2.49. The molecule has 0 aliphatic rings. The van der Waals surface area contributed by atoms with Crippen molar-refractivity contribution in [2.24, 2.45) is 5.92 Å². The molecule has 1 aromatic rings. The van der Waals surface area contributed by atoms with Crippen molar-refractivity contribution >= 4 is 11.9 Å². The quantitative estimate of drug-likeness (QED) is 0.571. The molecule has 23 heavy (non-hydrogen) atoms. The number of benzene rings is 1. The lowest BCUT2D eigenvalue weighted by Crippen LogP contribution is -2.30. The van der Waals surface area contributed by atoms with Crippen LogP contribution in [0.5, 0.6) is 0 Å². The van der Waals surface area contributed by atoms with Gasteiger partial charge in [0, 0.05) is 0 Å². The number of esters is 2. The number of carbonyl (C=O) groups is 2. The summed E-state index contributed by atoms with van der Waals surface area (Å²) in [6.45, 7) is 7.68. The topological polar surface area (TPSA) is 76.4 Å². The predicted octanol–water partition coefficient (Wildman–Crippen LogP) is 2.65. The van der Waals surface area contributed by atoms with E-state index in [2.05, 4.69) is 6.07 Å². The van der Waals surface area contributed by atoms with E-state index in [1.54, 1.807) is 13.8 Å². The maximum Gasteiger partial charge on any atom is 0.320 e. The largest absolute Gasteiger partial charge is 0.465 e. The molecule has 0 atom stereocenters. The molecule has 0 bridgehead atoms. The first-order valence-electron chi connectivity index (χ1n) is 7.73. The minimum Gasteiger partial charge on any atom is -0.465 e. The van der Waals surface area contributed by atoms with Crippen molar-refractivity contribution in [3.05, 3.63) is 34.4 Å². The highest BCUT2D eigenvalue weighted by Gasteiger charge is 2.30. The van der Waals surface area contributed by atoms with Crippen molar-refractivity contribution < 1.29 is 19.1 Å². The first-order chi connectivity index (χ1) is 10.9. The maximum atomic E-state index is 12.0. The van der Waals surface area contributed by atoms with E-state index >= 15 is 0 Å². The highest BCUT2D eigenvalue weighted by molar-refractivity contribution is 5.95. The zero-order valence-corrected chi connectivity index (χ0v) is 14.1. The third-order valence-electron chi connectivity index (χ3n) is 3.59. The fraction of sp³-hybridized carbons (Fsp3) is 0.500. The molecular formula is C18H23NO4. The van der Waals surface area contributed by atoms with Crippen molar-refractivity contribution in [2.45, 2.75) is 40.5 Å². The normalized spacial score (nSPS) is 10.3. The molecule has 0 aliphatic heterocycles. The van der Waals surface area contributed by atoms with Gasteiger partial charge in [-0.2, -0.15) is 5.26 Å². The third-order valence-corrected chi connectivity index (χ3v) is 3.59. The molecule has 0 N–H and O–H groups in total. The smallest absolute Gasteiger partial charge is 0.320 e. The van der Waals surface area contributed by atoms with Crippen LogP contribution in [-0.2, 0) is 31.9 Å². The molecule has 0 fully saturated rings. The van der Waals surface area contributed by atoms with Crippen LogP contribution in [0.4, 0.5) is 0 Å². The van der Waals surface area contributed by atoms with Gasteiger partial charge < -0.3 is 9.47 Å². The standard InChI is InChI=1S/C18H23NO4/c1-5-22-17(20)16(18(21)23-6-2)11-14-9-12(3)15(7-8-19)13(4)10-14/h9-10,16H,5-7,11H2,1-4H3. The molecule has 124 valence electrons. The summed E-state index contributed by atoms with van der Waals surface area (Å²) < 4.78 is 9.97. The highest BCUT2D eigenvalue weighted by Crippen LogP contribution is 2.21. The number of nitrogens with zero attached hydrogens (tertiary/aromatic N) is 1. The number of hydrogen-bond acceptors (Lipinski definition) is 5. The summed E-state index contributed by atoms with van der Waals surface area (Å²) in [4.78, 5) is 24.1. The van der Waals surface area contributed by atoms with E-state index in [0.29, 0.717) is 6.42 Å². The Bertz CT molecular complexity index is 575. The molecule has 1 aromatic carbocycles. The summed E-state index contributed by atoms with van der Waals surface area (Å²) in [5.74, 6) is -2.10. The second-order valence-corrected chi connectivity index (χ2v) is 5.30. The van der Waals surface area contributed by atoms with Gasteiger partial charge in [0.1, 0.15) is 0 Å². The van der Waals surface area contributed by atoms with Gasteiger partial charge in [0.2, 0.25) is 0 Å². The van der Waals surface area contributed by atoms with Crippen LogP contribution in [0.1, 0.15) is 36.1 Å². The molecular weight excluding hydrogens is 294 g/mol. The molecule has 0 heterocycles. The first kappa shape index (κ1) is 18.7. The Hall–Kier alpha value is -2.35. The summed E-state index contributed by atoms with van der Waals surface area (Å²) >= 11 is 0. The monoisotopic (exact) mass is 317 g/mol. The van der Waals surface area contributed by atoms with E-state index in [1.165, 1.54) is 0 Å². The Morgan fingerprint density at radius 2 is 1.57 bits per heavy atom. The summed E-state index contributed by atoms with van der Waals surface area (Å²) in [6, 6.07) is 5.96. The lowest BCUT2D eigenvalue weighted by atomic mass is 9.92. The van der Waals surface area contributed by atoms with E-state index in [4.69, 9.17) is 14.7 Å². The molecule has 0 aromatic heterocycles. The molecule has 0 aliphatic carbocycles. The first-order valence-corrected chi connectivity index (χ1v) is 7.73. The number of hydrogen-bond donors (Lipinski definition) is 0. The Balaban J connectivity index is 3.06. The van der Waals surface area contributed by atoms with Crippen molar-refractivity contribution in [2.75, 3.05) is 13.2 Å². The Morgan fingerprint density at radius 1 is 1.09 bits per heavy atom. The second-order valence-electron chi connectivity index (χ2n) is 5.30. The molecule has 0 unspecified atom stereocenters. The molecule has 1 rings (SSSR count). The summed E-state index contributed by atoms with van der Waals surface area (Å²) in [7, 11) is 0. The van der Waals surface area contributed by atoms with Crippen molar-refractivity contribution in [3.8, 4) is 6.07 Å². The lowest BCUT2D eigenvalue weighted by Gasteiger charge is -2.16. The van der Waals surface area contributed by atoms with Crippen LogP contribution in [-0.4, -0.2) is 25.2 Å². The summed E-state index contributed by atoms with van der Waals surface area (Å²) in [5.41, 5.74) is 3.80.